The van der Waals surface area contributed by atoms with E-state index >= 15 is 0 Å². The number of nitrogen functional groups attached to an aromatic ring is 1. The van der Waals surface area contributed by atoms with Gasteiger partial charge in [0.2, 0.25) is 0 Å². The number of rotatable bonds is 3. The molecule has 0 amide bonds. The Bertz CT molecular complexity index is 1280. The van der Waals surface area contributed by atoms with Crippen molar-refractivity contribution in [2.75, 3.05) is 18.8 Å². The molecule has 4 heterocycles. The zero-order chi connectivity index (χ0) is 24.1. The summed E-state index contributed by atoms with van der Waals surface area (Å²) in [6.07, 6.45) is 4.82. The second kappa shape index (κ2) is 10.0. The molecular formula is C23H24F3N7O. The molecule has 0 radical (unpaired) electrons. The van der Waals surface area contributed by atoms with Gasteiger partial charge in [0.25, 0.3) is 5.56 Å². The molecule has 34 heavy (non-hydrogen) atoms. The van der Waals surface area contributed by atoms with E-state index in [9.17, 15) is 18.0 Å². The van der Waals surface area contributed by atoms with Crippen LogP contribution in [0.25, 0.3) is 16.7 Å². The fraction of sp³-hybridized carbons (Fsp3) is 0.304. The van der Waals surface area contributed by atoms with Gasteiger partial charge in [0, 0.05) is 30.7 Å². The molecule has 1 fully saturated rings. The molecule has 4 aromatic rings. The van der Waals surface area contributed by atoms with Gasteiger partial charge in [0.05, 0.1) is 16.5 Å². The Balaban J connectivity index is 0.000000398. The molecule has 8 nitrogen and oxygen atoms in total. The molecule has 5 rings (SSSR count). The monoisotopic (exact) mass is 471 g/mol. The second-order valence-electron chi connectivity index (χ2n) is 7.93. The van der Waals surface area contributed by atoms with Gasteiger partial charge in [-0.15, -0.1) is 0 Å². The summed E-state index contributed by atoms with van der Waals surface area (Å²) in [4.78, 5) is 23.3. The smallest absolute Gasteiger partial charge is 0.398 e. The number of nitrogens with zero attached hydrogens (tertiary/aromatic N) is 4. The van der Waals surface area contributed by atoms with E-state index in [2.05, 4.69) is 25.4 Å². The summed E-state index contributed by atoms with van der Waals surface area (Å²) in [5, 5.41) is 7.20. The molecule has 0 unspecified atom stereocenters. The fourth-order valence-corrected chi connectivity index (χ4v) is 3.64. The average molecular weight is 471 g/mol. The number of H-pyrrole nitrogens is 1. The van der Waals surface area contributed by atoms with Gasteiger partial charge in [0.1, 0.15) is 5.82 Å². The summed E-state index contributed by atoms with van der Waals surface area (Å²) in [5.74, 6) is 0.923. The maximum atomic E-state index is 13.0. The van der Waals surface area contributed by atoms with Crippen LogP contribution < -0.4 is 16.6 Å². The fourth-order valence-electron chi connectivity index (χ4n) is 3.64. The predicted molar refractivity (Wildman–Crippen MR) is 123 cm³/mol. The first-order valence-corrected chi connectivity index (χ1v) is 10.9. The highest BCUT2D eigenvalue weighted by atomic mass is 19.4. The van der Waals surface area contributed by atoms with Crippen molar-refractivity contribution in [1.29, 1.82) is 0 Å². The minimum Gasteiger partial charge on any atom is -0.398 e. The number of piperidine rings is 1. The summed E-state index contributed by atoms with van der Waals surface area (Å²) >= 11 is 0. The Morgan fingerprint density at radius 1 is 1.12 bits per heavy atom. The minimum absolute atomic E-state index is 0.102. The van der Waals surface area contributed by atoms with Crippen molar-refractivity contribution in [2.45, 2.75) is 31.9 Å². The molecule has 0 spiro atoms. The molecule has 0 atom stereocenters. The van der Waals surface area contributed by atoms with Crippen molar-refractivity contribution in [3.05, 3.63) is 76.2 Å². The SMILES string of the molecule is C1CCNCC1.Nc1cc2nc(Cc3ccc(-n4cccn4)nc3)[nH]c(=O)c2cc1C(F)(F)F. The van der Waals surface area contributed by atoms with Crippen LogP contribution in [0.4, 0.5) is 18.9 Å². The van der Waals surface area contributed by atoms with Crippen molar-refractivity contribution in [3.8, 4) is 5.82 Å². The number of aromatic nitrogens is 5. The van der Waals surface area contributed by atoms with E-state index in [1.165, 1.54) is 32.4 Å². The summed E-state index contributed by atoms with van der Waals surface area (Å²) in [7, 11) is 0. The number of anilines is 1. The van der Waals surface area contributed by atoms with Crippen LogP contribution in [-0.2, 0) is 12.6 Å². The maximum absolute atomic E-state index is 13.0. The van der Waals surface area contributed by atoms with E-state index in [0.29, 0.717) is 11.6 Å². The molecule has 0 aliphatic carbocycles. The summed E-state index contributed by atoms with van der Waals surface area (Å²) < 4.78 is 40.5. The predicted octanol–water partition coefficient (Wildman–Crippen LogP) is 3.46. The number of nitrogens with one attached hydrogen (secondary N) is 2. The van der Waals surface area contributed by atoms with Gasteiger partial charge < -0.3 is 16.0 Å². The van der Waals surface area contributed by atoms with Gasteiger partial charge >= 0.3 is 6.18 Å². The number of hydrogen-bond acceptors (Lipinski definition) is 6. The average Bonchev–Trinajstić information content (AvgIpc) is 3.35. The topological polar surface area (TPSA) is 115 Å². The number of fused-ring (bicyclic) bond motifs is 1. The lowest BCUT2D eigenvalue weighted by molar-refractivity contribution is -0.136. The van der Waals surface area contributed by atoms with Crippen LogP contribution in [0.5, 0.6) is 0 Å². The van der Waals surface area contributed by atoms with Crippen molar-refractivity contribution in [1.82, 2.24) is 30.0 Å². The number of aromatic amines is 1. The molecule has 3 aromatic heterocycles. The van der Waals surface area contributed by atoms with Gasteiger partial charge in [-0.05, 0) is 55.8 Å². The third kappa shape index (κ3) is 5.60. The highest BCUT2D eigenvalue weighted by Gasteiger charge is 2.33. The number of alkyl halides is 3. The van der Waals surface area contributed by atoms with Crippen molar-refractivity contribution >= 4 is 16.6 Å². The van der Waals surface area contributed by atoms with Crippen molar-refractivity contribution < 1.29 is 13.2 Å². The van der Waals surface area contributed by atoms with Crippen LogP contribution in [0.1, 0.15) is 36.2 Å². The molecule has 178 valence electrons. The van der Waals surface area contributed by atoms with Crippen LogP contribution in [-0.4, -0.2) is 37.8 Å². The third-order valence-corrected chi connectivity index (χ3v) is 5.36. The van der Waals surface area contributed by atoms with Gasteiger partial charge in [-0.1, -0.05) is 12.5 Å². The normalized spacial score (nSPS) is 14.0. The van der Waals surface area contributed by atoms with E-state index in [-0.39, 0.29) is 17.3 Å². The van der Waals surface area contributed by atoms with E-state index in [0.717, 1.165) is 17.7 Å². The lowest BCUT2D eigenvalue weighted by atomic mass is 10.1. The zero-order valence-corrected chi connectivity index (χ0v) is 18.3. The quantitative estimate of drug-likeness (QED) is 0.395. The first-order valence-electron chi connectivity index (χ1n) is 10.9. The van der Waals surface area contributed by atoms with E-state index in [4.69, 9.17) is 5.73 Å². The number of halogens is 3. The second-order valence-corrected chi connectivity index (χ2v) is 7.93. The van der Waals surface area contributed by atoms with Gasteiger partial charge in [-0.2, -0.15) is 18.3 Å². The van der Waals surface area contributed by atoms with Crippen molar-refractivity contribution in [3.63, 3.8) is 0 Å². The lowest BCUT2D eigenvalue weighted by Crippen LogP contribution is -2.21. The molecule has 0 saturated carbocycles. The maximum Gasteiger partial charge on any atom is 0.418 e. The van der Waals surface area contributed by atoms with Gasteiger partial charge in [-0.25, -0.2) is 14.6 Å². The van der Waals surface area contributed by atoms with E-state index in [1.807, 2.05) is 0 Å². The lowest BCUT2D eigenvalue weighted by Gasteiger charge is -2.11. The Morgan fingerprint density at radius 3 is 2.47 bits per heavy atom. The highest BCUT2D eigenvalue weighted by Crippen LogP contribution is 2.35. The Hall–Kier alpha value is -3.73. The zero-order valence-electron chi connectivity index (χ0n) is 18.3. The third-order valence-electron chi connectivity index (χ3n) is 5.36. The number of nitrogens with two attached hydrogens (primary N) is 1. The standard InChI is InChI=1S/C18H13F3N6O.C5H11N/c19-18(20,21)12-7-11-14(8-13(12)22)25-15(26-17(11)28)6-10-2-3-16(23-9-10)27-5-1-4-24-27;1-2-4-6-5-3-1/h1-5,7-9H,6,22H2,(H,25,26,28);6H,1-5H2. The summed E-state index contributed by atoms with van der Waals surface area (Å²) in [6, 6.07) is 7.12. The molecule has 0 bridgehead atoms. The van der Waals surface area contributed by atoms with Crippen LogP contribution in [0.15, 0.2) is 53.7 Å². The van der Waals surface area contributed by atoms with E-state index in [1.54, 1.807) is 41.5 Å². The molecule has 4 N–H and O–H groups in total. The van der Waals surface area contributed by atoms with E-state index < -0.39 is 23.0 Å². The molecule has 1 aliphatic rings. The minimum atomic E-state index is -4.65. The van der Waals surface area contributed by atoms with Gasteiger partial charge in [0.15, 0.2) is 5.82 Å². The largest absolute Gasteiger partial charge is 0.418 e. The Morgan fingerprint density at radius 2 is 1.91 bits per heavy atom. The Labute approximate surface area is 193 Å². The van der Waals surface area contributed by atoms with Crippen LogP contribution >= 0.6 is 0 Å². The van der Waals surface area contributed by atoms with Crippen molar-refractivity contribution in [2.24, 2.45) is 0 Å². The first-order chi connectivity index (χ1) is 16.3. The van der Waals surface area contributed by atoms with Gasteiger partial charge in [-0.3, -0.25) is 4.79 Å². The summed E-state index contributed by atoms with van der Waals surface area (Å²) in [5.41, 5.74) is 4.17. The Kier molecular flexibility index (Phi) is 6.92. The molecular weight excluding hydrogens is 447 g/mol. The molecule has 11 heteroatoms. The van der Waals surface area contributed by atoms with Crippen LogP contribution in [0.3, 0.4) is 0 Å². The molecule has 1 aliphatic heterocycles. The highest BCUT2D eigenvalue weighted by molar-refractivity contribution is 5.83. The first kappa shape index (κ1) is 23.4. The van der Waals surface area contributed by atoms with Crippen LogP contribution in [0, 0.1) is 0 Å². The molecule has 1 saturated heterocycles. The number of benzene rings is 1. The number of pyridine rings is 1. The molecule has 1 aromatic carbocycles. The van der Waals surface area contributed by atoms with Crippen LogP contribution in [0.2, 0.25) is 0 Å². The summed E-state index contributed by atoms with van der Waals surface area (Å²) in [6.45, 7) is 2.50. The number of hydrogen-bond donors (Lipinski definition) is 3.